The second kappa shape index (κ2) is 8.68. The monoisotopic (exact) mass is 284 g/mol. The molecule has 0 radical (unpaired) electrons. The first-order valence-corrected chi connectivity index (χ1v) is 8.66. The second-order valence-electron chi connectivity index (χ2n) is 5.86. The zero-order valence-electron chi connectivity index (χ0n) is 12.5. The minimum atomic E-state index is -0.0657. The summed E-state index contributed by atoms with van der Waals surface area (Å²) in [6, 6.07) is 0. The minimum absolute atomic E-state index is 0.0657. The molecule has 0 amide bonds. The lowest BCUT2D eigenvalue weighted by Gasteiger charge is -2.28. The van der Waals surface area contributed by atoms with Gasteiger partial charge >= 0.3 is 5.97 Å². The second-order valence-corrected chi connectivity index (χ2v) is 7.26. The van der Waals surface area contributed by atoms with E-state index in [0.717, 1.165) is 24.8 Å². The average molecular weight is 284 g/mol. The summed E-state index contributed by atoms with van der Waals surface area (Å²) in [5, 5.41) is 0. The molecule has 0 aliphatic carbocycles. The van der Waals surface area contributed by atoms with Gasteiger partial charge in [-0.05, 0) is 31.1 Å². The third-order valence-corrected chi connectivity index (χ3v) is 5.22. The first-order chi connectivity index (χ1) is 9.06. The van der Waals surface area contributed by atoms with Crippen LogP contribution in [0.4, 0.5) is 0 Å². The maximum atomic E-state index is 11.6. The van der Waals surface area contributed by atoms with Crippen LogP contribution in [0.15, 0.2) is 12.2 Å². The van der Waals surface area contributed by atoms with Gasteiger partial charge in [0.05, 0.1) is 0 Å². The van der Waals surface area contributed by atoms with E-state index in [1.807, 2.05) is 11.8 Å². The van der Waals surface area contributed by atoms with Gasteiger partial charge in [-0.15, -0.1) is 0 Å². The van der Waals surface area contributed by atoms with Crippen molar-refractivity contribution in [3.8, 4) is 0 Å². The lowest BCUT2D eigenvalue weighted by atomic mass is 9.94. The van der Waals surface area contributed by atoms with E-state index in [-0.39, 0.29) is 10.7 Å². The molecule has 0 aromatic heterocycles. The van der Waals surface area contributed by atoms with Gasteiger partial charge < -0.3 is 4.74 Å². The highest BCUT2D eigenvalue weighted by atomic mass is 32.2. The largest absolute Gasteiger partial charge is 0.461 e. The molecule has 19 heavy (non-hydrogen) atoms. The van der Waals surface area contributed by atoms with Crippen LogP contribution in [0.2, 0.25) is 0 Å². The third-order valence-electron chi connectivity index (χ3n) is 3.89. The summed E-state index contributed by atoms with van der Waals surface area (Å²) in [7, 11) is 0. The molecule has 2 nitrogen and oxygen atoms in total. The molecule has 110 valence electrons. The van der Waals surface area contributed by atoms with Crippen molar-refractivity contribution in [2.45, 2.75) is 69.5 Å². The number of cyclic esters (lactones) is 1. The van der Waals surface area contributed by atoms with Gasteiger partial charge in [0, 0.05) is 11.2 Å². The molecule has 1 unspecified atom stereocenters. The molecule has 1 aliphatic heterocycles. The molecule has 1 aliphatic rings. The highest BCUT2D eigenvalue weighted by Gasteiger charge is 2.24. The Morgan fingerprint density at radius 2 is 1.79 bits per heavy atom. The molecule has 0 aromatic rings. The van der Waals surface area contributed by atoms with E-state index in [0.29, 0.717) is 13.0 Å². The number of rotatable bonds is 1. The minimum Gasteiger partial charge on any atom is -0.461 e. The van der Waals surface area contributed by atoms with Gasteiger partial charge in [0.15, 0.2) is 0 Å². The lowest BCUT2D eigenvalue weighted by Crippen LogP contribution is -2.22. The molecule has 0 saturated carbocycles. The topological polar surface area (TPSA) is 26.3 Å². The van der Waals surface area contributed by atoms with Crippen molar-refractivity contribution >= 4 is 17.7 Å². The molecule has 3 heteroatoms. The summed E-state index contributed by atoms with van der Waals surface area (Å²) >= 11 is 1.91. The summed E-state index contributed by atoms with van der Waals surface area (Å²) in [4.78, 5) is 11.6. The van der Waals surface area contributed by atoms with Gasteiger partial charge in [-0.3, -0.25) is 4.79 Å². The fourth-order valence-electron chi connectivity index (χ4n) is 2.57. The number of esters is 1. The number of carbonyl (C=O) groups is 1. The van der Waals surface area contributed by atoms with Crippen LogP contribution < -0.4 is 0 Å². The Morgan fingerprint density at radius 1 is 1.16 bits per heavy atom. The number of ether oxygens (including phenoxy) is 1. The van der Waals surface area contributed by atoms with Crippen LogP contribution in [0.1, 0.15) is 64.7 Å². The van der Waals surface area contributed by atoms with Crippen LogP contribution in [0.5, 0.6) is 0 Å². The molecule has 1 saturated heterocycles. The predicted molar refractivity (Wildman–Crippen MR) is 83.6 cm³/mol. The number of thioether (sulfide) groups is 1. The fraction of sp³-hybridized carbons (Fsp3) is 0.812. The number of hydrogen-bond acceptors (Lipinski definition) is 3. The van der Waals surface area contributed by atoms with Gasteiger partial charge in [0.25, 0.3) is 0 Å². The summed E-state index contributed by atoms with van der Waals surface area (Å²) in [5.41, 5.74) is 1.04. The average Bonchev–Trinajstić information content (AvgIpc) is 2.38. The third kappa shape index (κ3) is 7.05. The van der Waals surface area contributed by atoms with Crippen molar-refractivity contribution in [2.75, 3.05) is 12.9 Å². The Kier molecular flexibility index (Phi) is 7.59. The van der Waals surface area contributed by atoms with Gasteiger partial charge in [0.2, 0.25) is 0 Å². The van der Waals surface area contributed by atoms with Crippen molar-refractivity contribution in [1.82, 2.24) is 0 Å². The van der Waals surface area contributed by atoms with Crippen molar-refractivity contribution in [1.29, 1.82) is 0 Å². The summed E-state index contributed by atoms with van der Waals surface area (Å²) in [5.74, 6) is -0.0657. The van der Waals surface area contributed by atoms with Crippen molar-refractivity contribution in [3.05, 3.63) is 12.2 Å². The SMILES string of the molecule is C=C1COC(=O)CCCCCCCCC(C)(SC)C1. The maximum Gasteiger partial charge on any atom is 0.306 e. The molecule has 0 spiro atoms. The van der Waals surface area contributed by atoms with E-state index in [1.54, 1.807) is 0 Å². The van der Waals surface area contributed by atoms with Crippen LogP contribution in [0, 0.1) is 0 Å². The molecule has 0 bridgehead atoms. The maximum absolute atomic E-state index is 11.6. The first-order valence-electron chi connectivity index (χ1n) is 7.43. The quantitative estimate of drug-likeness (QED) is 0.514. The fourth-order valence-corrected chi connectivity index (χ4v) is 3.27. The van der Waals surface area contributed by atoms with Crippen LogP contribution in [-0.4, -0.2) is 23.6 Å². The Morgan fingerprint density at radius 3 is 2.47 bits per heavy atom. The molecule has 1 fully saturated rings. The molecular formula is C16H28O2S. The molecule has 1 heterocycles. The van der Waals surface area contributed by atoms with Crippen LogP contribution in [0.3, 0.4) is 0 Å². The van der Waals surface area contributed by atoms with E-state index in [9.17, 15) is 4.79 Å². The van der Waals surface area contributed by atoms with E-state index in [1.165, 1.54) is 32.1 Å². The molecular weight excluding hydrogens is 256 g/mol. The molecule has 0 aromatic carbocycles. The molecule has 0 N–H and O–H groups in total. The zero-order chi connectivity index (χ0) is 14.1. The van der Waals surface area contributed by atoms with E-state index in [4.69, 9.17) is 4.74 Å². The highest BCUT2D eigenvalue weighted by Crippen LogP contribution is 2.35. The van der Waals surface area contributed by atoms with E-state index in [2.05, 4.69) is 19.8 Å². The van der Waals surface area contributed by atoms with Crippen molar-refractivity contribution in [2.24, 2.45) is 0 Å². The van der Waals surface area contributed by atoms with Crippen molar-refractivity contribution < 1.29 is 9.53 Å². The lowest BCUT2D eigenvalue weighted by molar-refractivity contribution is -0.142. The van der Waals surface area contributed by atoms with Crippen LogP contribution >= 0.6 is 11.8 Å². The van der Waals surface area contributed by atoms with Crippen LogP contribution in [-0.2, 0) is 9.53 Å². The normalized spacial score (nSPS) is 28.5. The summed E-state index contributed by atoms with van der Waals surface area (Å²) < 4.78 is 5.53. The standard InChI is InChI=1S/C16H28O2S/c1-14-12-16(2,19-3)11-9-7-5-4-6-8-10-15(17)18-13-14/h1,4-13H2,2-3H3. The Balaban J connectivity index is 2.53. The highest BCUT2D eigenvalue weighted by molar-refractivity contribution is 7.99. The van der Waals surface area contributed by atoms with Gasteiger partial charge in [-0.1, -0.05) is 45.6 Å². The van der Waals surface area contributed by atoms with Crippen molar-refractivity contribution in [3.63, 3.8) is 0 Å². The summed E-state index contributed by atoms with van der Waals surface area (Å²) in [6.07, 6.45) is 12.2. The Hall–Kier alpha value is -0.440. The van der Waals surface area contributed by atoms with Gasteiger partial charge in [-0.2, -0.15) is 11.8 Å². The molecule has 1 atom stereocenters. The number of hydrogen-bond donors (Lipinski definition) is 0. The zero-order valence-corrected chi connectivity index (χ0v) is 13.3. The van der Waals surface area contributed by atoms with E-state index >= 15 is 0 Å². The Bertz CT molecular complexity index is 301. The van der Waals surface area contributed by atoms with Gasteiger partial charge in [0.1, 0.15) is 6.61 Å². The molecule has 1 rings (SSSR count). The predicted octanol–water partition coefficient (Wildman–Crippen LogP) is 4.73. The summed E-state index contributed by atoms with van der Waals surface area (Å²) in [6.45, 7) is 6.77. The number of carbonyl (C=O) groups excluding carboxylic acids is 1. The van der Waals surface area contributed by atoms with Gasteiger partial charge in [-0.25, -0.2) is 0 Å². The first kappa shape index (κ1) is 16.6. The Labute approximate surface area is 122 Å². The smallest absolute Gasteiger partial charge is 0.306 e. The van der Waals surface area contributed by atoms with Crippen LogP contribution in [0.25, 0.3) is 0 Å². The van der Waals surface area contributed by atoms with E-state index < -0.39 is 0 Å².